The molecule has 0 aliphatic heterocycles. The Balaban J connectivity index is 2.65. The van der Waals surface area contributed by atoms with Crippen LogP contribution >= 0.6 is 0 Å². The van der Waals surface area contributed by atoms with Gasteiger partial charge in [0.2, 0.25) is 0 Å². The molecule has 0 bridgehead atoms. The van der Waals surface area contributed by atoms with Crippen molar-refractivity contribution in [3.63, 3.8) is 0 Å². The molecular formula is C12H13F3N2. The van der Waals surface area contributed by atoms with E-state index in [-0.39, 0.29) is 6.04 Å². The van der Waals surface area contributed by atoms with Crippen LogP contribution in [0.2, 0.25) is 0 Å². The SMILES string of the molecule is C#CCCCC(N)c1ccc(C(F)(F)F)cn1. The van der Waals surface area contributed by atoms with E-state index in [2.05, 4.69) is 10.9 Å². The molecule has 1 heterocycles. The quantitative estimate of drug-likeness (QED) is 0.651. The summed E-state index contributed by atoms with van der Waals surface area (Å²) in [5.41, 5.74) is 5.47. The average Bonchev–Trinajstić information content (AvgIpc) is 2.28. The molecule has 0 amide bonds. The highest BCUT2D eigenvalue weighted by Crippen LogP contribution is 2.29. The van der Waals surface area contributed by atoms with Crippen LogP contribution in [0.4, 0.5) is 13.2 Å². The van der Waals surface area contributed by atoms with Crippen molar-refractivity contribution in [2.45, 2.75) is 31.5 Å². The van der Waals surface area contributed by atoms with Crippen LogP contribution in [0.25, 0.3) is 0 Å². The number of rotatable bonds is 4. The summed E-state index contributed by atoms with van der Waals surface area (Å²) in [7, 11) is 0. The maximum Gasteiger partial charge on any atom is 0.417 e. The second-order valence-electron chi connectivity index (χ2n) is 3.67. The third-order valence-electron chi connectivity index (χ3n) is 2.33. The number of pyridine rings is 1. The zero-order chi connectivity index (χ0) is 12.9. The van der Waals surface area contributed by atoms with Crippen LogP contribution in [-0.4, -0.2) is 4.98 Å². The Labute approximate surface area is 98.0 Å². The van der Waals surface area contributed by atoms with Crippen LogP contribution in [0.5, 0.6) is 0 Å². The molecule has 0 aliphatic carbocycles. The molecule has 1 rings (SSSR count). The van der Waals surface area contributed by atoms with Crippen molar-refractivity contribution in [3.8, 4) is 12.3 Å². The minimum absolute atomic E-state index is 0.370. The monoisotopic (exact) mass is 242 g/mol. The lowest BCUT2D eigenvalue weighted by Crippen LogP contribution is -2.13. The fraction of sp³-hybridized carbons (Fsp3) is 0.417. The topological polar surface area (TPSA) is 38.9 Å². The van der Waals surface area contributed by atoms with Gasteiger partial charge in [-0.15, -0.1) is 12.3 Å². The highest BCUT2D eigenvalue weighted by atomic mass is 19.4. The van der Waals surface area contributed by atoms with Crippen LogP contribution in [0.1, 0.15) is 36.6 Å². The number of hydrogen-bond donors (Lipinski definition) is 1. The number of nitrogens with zero attached hydrogens (tertiary/aromatic N) is 1. The van der Waals surface area contributed by atoms with E-state index in [1.807, 2.05) is 0 Å². The van der Waals surface area contributed by atoms with Gasteiger partial charge in [0.25, 0.3) is 0 Å². The van der Waals surface area contributed by atoms with E-state index in [4.69, 9.17) is 12.2 Å². The molecule has 0 spiro atoms. The molecular weight excluding hydrogens is 229 g/mol. The van der Waals surface area contributed by atoms with Crippen LogP contribution in [0, 0.1) is 12.3 Å². The Morgan fingerprint density at radius 1 is 1.41 bits per heavy atom. The summed E-state index contributed by atoms with van der Waals surface area (Å²) >= 11 is 0. The lowest BCUT2D eigenvalue weighted by molar-refractivity contribution is -0.137. The van der Waals surface area contributed by atoms with Crippen LogP contribution in [0.3, 0.4) is 0 Å². The van der Waals surface area contributed by atoms with Gasteiger partial charge in [-0.2, -0.15) is 13.2 Å². The first kappa shape index (κ1) is 13.5. The smallest absolute Gasteiger partial charge is 0.323 e. The lowest BCUT2D eigenvalue weighted by Gasteiger charge is -2.11. The summed E-state index contributed by atoms with van der Waals surface area (Å²) in [6.45, 7) is 0. The fourth-order valence-corrected chi connectivity index (χ4v) is 1.36. The van der Waals surface area contributed by atoms with Crippen LogP contribution in [0.15, 0.2) is 18.3 Å². The highest BCUT2D eigenvalue weighted by Gasteiger charge is 2.30. The minimum Gasteiger partial charge on any atom is -0.323 e. The van der Waals surface area contributed by atoms with Crippen molar-refractivity contribution in [1.29, 1.82) is 0 Å². The molecule has 5 heteroatoms. The number of hydrogen-bond acceptors (Lipinski definition) is 2. The number of alkyl halides is 3. The largest absolute Gasteiger partial charge is 0.417 e. The van der Waals surface area contributed by atoms with Gasteiger partial charge < -0.3 is 5.73 Å². The maximum absolute atomic E-state index is 12.3. The molecule has 0 radical (unpaired) electrons. The molecule has 92 valence electrons. The van der Waals surface area contributed by atoms with Gasteiger partial charge in [0.1, 0.15) is 0 Å². The normalized spacial score (nSPS) is 13.1. The van der Waals surface area contributed by atoms with Gasteiger partial charge in [-0.05, 0) is 25.0 Å². The number of nitrogens with two attached hydrogens (primary N) is 1. The van der Waals surface area contributed by atoms with E-state index >= 15 is 0 Å². The van der Waals surface area contributed by atoms with Crippen molar-refractivity contribution >= 4 is 0 Å². The molecule has 0 saturated heterocycles. The van der Waals surface area contributed by atoms with E-state index in [1.54, 1.807) is 0 Å². The van der Waals surface area contributed by atoms with Crippen LogP contribution < -0.4 is 5.73 Å². The van der Waals surface area contributed by atoms with Gasteiger partial charge in [0.15, 0.2) is 0 Å². The van der Waals surface area contributed by atoms with Gasteiger partial charge in [0.05, 0.1) is 11.3 Å². The number of terminal acetylenes is 1. The van der Waals surface area contributed by atoms with Crippen LogP contribution in [-0.2, 0) is 6.18 Å². The van der Waals surface area contributed by atoms with E-state index in [0.717, 1.165) is 18.7 Å². The van der Waals surface area contributed by atoms with Gasteiger partial charge in [-0.25, -0.2) is 0 Å². The Hall–Kier alpha value is -1.54. The first-order chi connectivity index (χ1) is 7.95. The van der Waals surface area contributed by atoms with E-state index in [0.29, 0.717) is 18.5 Å². The summed E-state index contributed by atoms with van der Waals surface area (Å²) in [4.78, 5) is 3.73. The maximum atomic E-state index is 12.3. The van der Waals surface area contributed by atoms with Gasteiger partial charge in [-0.1, -0.05) is 0 Å². The number of aromatic nitrogens is 1. The molecule has 2 N–H and O–H groups in total. The van der Waals surface area contributed by atoms with Crippen molar-refractivity contribution in [2.24, 2.45) is 5.73 Å². The highest BCUT2D eigenvalue weighted by molar-refractivity contribution is 5.18. The molecule has 0 aliphatic rings. The molecule has 0 aromatic carbocycles. The molecule has 1 aromatic heterocycles. The third kappa shape index (κ3) is 4.08. The lowest BCUT2D eigenvalue weighted by atomic mass is 10.1. The zero-order valence-corrected chi connectivity index (χ0v) is 9.17. The van der Waals surface area contributed by atoms with E-state index < -0.39 is 11.7 Å². The molecule has 0 fully saturated rings. The first-order valence-electron chi connectivity index (χ1n) is 5.17. The van der Waals surface area contributed by atoms with Crippen molar-refractivity contribution in [2.75, 3.05) is 0 Å². The second-order valence-corrected chi connectivity index (χ2v) is 3.67. The van der Waals surface area contributed by atoms with Crippen molar-refractivity contribution in [3.05, 3.63) is 29.6 Å². The second kappa shape index (κ2) is 5.69. The number of unbranched alkanes of at least 4 members (excludes halogenated alkanes) is 1. The molecule has 17 heavy (non-hydrogen) atoms. The van der Waals surface area contributed by atoms with Gasteiger partial charge in [-0.3, -0.25) is 4.98 Å². The third-order valence-corrected chi connectivity index (χ3v) is 2.33. The molecule has 1 unspecified atom stereocenters. The summed E-state index contributed by atoms with van der Waals surface area (Å²) in [5.74, 6) is 2.48. The fourth-order valence-electron chi connectivity index (χ4n) is 1.36. The molecule has 1 aromatic rings. The molecule has 1 atom stereocenters. The standard InChI is InChI=1S/C12H13F3N2/c1-2-3-4-5-10(16)11-7-6-9(8-17-11)12(13,14)15/h1,6-8,10H,3-5,16H2. The first-order valence-corrected chi connectivity index (χ1v) is 5.17. The summed E-state index contributed by atoms with van der Waals surface area (Å²) < 4.78 is 36.8. The number of halogens is 3. The van der Waals surface area contributed by atoms with Gasteiger partial charge in [0, 0.05) is 18.7 Å². The van der Waals surface area contributed by atoms with Gasteiger partial charge >= 0.3 is 6.18 Å². The van der Waals surface area contributed by atoms with Crippen molar-refractivity contribution < 1.29 is 13.2 Å². The Morgan fingerprint density at radius 2 is 2.12 bits per heavy atom. The molecule has 0 saturated carbocycles. The minimum atomic E-state index is -4.36. The summed E-state index contributed by atoms with van der Waals surface area (Å²) in [5, 5.41) is 0. The molecule has 2 nitrogen and oxygen atoms in total. The Bertz CT molecular complexity index is 390. The van der Waals surface area contributed by atoms with E-state index in [1.165, 1.54) is 6.07 Å². The zero-order valence-electron chi connectivity index (χ0n) is 9.17. The predicted octanol–water partition coefficient (Wildman–Crippen LogP) is 2.90. The Kier molecular flexibility index (Phi) is 4.53. The summed E-state index contributed by atoms with van der Waals surface area (Å²) in [6.07, 6.45) is 3.49. The summed E-state index contributed by atoms with van der Waals surface area (Å²) in [6, 6.07) is 1.93. The Morgan fingerprint density at radius 3 is 2.59 bits per heavy atom. The average molecular weight is 242 g/mol. The predicted molar refractivity (Wildman–Crippen MR) is 58.9 cm³/mol. The van der Waals surface area contributed by atoms with Crippen molar-refractivity contribution in [1.82, 2.24) is 4.98 Å². The van der Waals surface area contributed by atoms with E-state index in [9.17, 15) is 13.2 Å².